The minimum Gasteiger partial charge on any atom is -0.399 e. The average molecular weight is 238 g/mol. The molecule has 0 spiro atoms. The molecule has 2 aromatic rings. The minimum atomic E-state index is 0.791. The monoisotopic (exact) mass is 238 g/mol. The second-order valence-corrected chi connectivity index (χ2v) is 4.64. The number of aromatic nitrogens is 1. The Morgan fingerprint density at radius 3 is 2.67 bits per heavy atom. The summed E-state index contributed by atoms with van der Waals surface area (Å²) in [5.41, 5.74) is 12.4. The van der Waals surface area contributed by atoms with Crippen LogP contribution in [0.2, 0.25) is 0 Å². The zero-order chi connectivity index (χ0) is 13.1. The molecule has 0 unspecified atom stereocenters. The largest absolute Gasteiger partial charge is 0.399 e. The molecule has 1 aromatic heterocycles. The zero-order valence-corrected chi connectivity index (χ0v) is 11.1. The summed E-state index contributed by atoms with van der Waals surface area (Å²) in [7, 11) is 0. The SMILES string of the molecule is C/C(=C\c1cnc(C)cc1C)c1cccc(N)c1. The van der Waals surface area contributed by atoms with Gasteiger partial charge in [0.05, 0.1) is 0 Å². The Balaban J connectivity index is 2.38. The van der Waals surface area contributed by atoms with Gasteiger partial charge in [-0.05, 0) is 67.3 Å². The summed E-state index contributed by atoms with van der Waals surface area (Å²) in [6, 6.07) is 10.0. The van der Waals surface area contributed by atoms with Crippen LogP contribution in [0, 0.1) is 13.8 Å². The van der Waals surface area contributed by atoms with Gasteiger partial charge >= 0.3 is 0 Å². The fourth-order valence-electron chi connectivity index (χ4n) is 1.96. The van der Waals surface area contributed by atoms with Crippen LogP contribution in [0.4, 0.5) is 5.69 Å². The van der Waals surface area contributed by atoms with E-state index in [2.05, 4.69) is 37.0 Å². The van der Waals surface area contributed by atoms with Gasteiger partial charge in [0, 0.05) is 17.6 Å². The molecular weight excluding hydrogens is 220 g/mol. The smallest absolute Gasteiger partial charge is 0.0375 e. The first-order valence-corrected chi connectivity index (χ1v) is 6.04. The fraction of sp³-hybridized carbons (Fsp3) is 0.188. The van der Waals surface area contributed by atoms with Crippen molar-refractivity contribution in [1.82, 2.24) is 4.98 Å². The van der Waals surface area contributed by atoms with Crippen molar-refractivity contribution in [3.63, 3.8) is 0 Å². The predicted molar refractivity (Wildman–Crippen MR) is 78.1 cm³/mol. The van der Waals surface area contributed by atoms with E-state index >= 15 is 0 Å². The standard InChI is InChI=1S/C16H18N2/c1-11-7-13(3)18-10-15(11)8-12(2)14-5-4-6-16(17)9-14/h4-10H,17H2,1-3H3/b12-8+. The van der Waals surface area contributed by atoms with Crippen molar-refractivity contribution in [3.8, 4) is 0 Å². The van der Waals surface area contributed by atoms with Crippen molar-refractivity contribution in [1.29, 1.82) is 0 Å². The third kappa shape index (κ3) is 2.77. The number of nitrogen functional groups attached to an aromatic ring is 1. The van der Waals surface area contributed by atoms with Crippen molar-refractivity contribution in [2.45, 2.75) is 20.8 Å². The van der Waals surface area contributed by atoms with E-state index in [1.807, 2.05) is 31.3 Å². The molecule has 2 heteroatoms. The van der Waals surface area contributed by atoms with E-state index in [-0.39, 0.29) is 0 Å². The molecule has 0 atom stereocenters. The van der Waals surface area contributed by atoms with Crippen LogP contribution in [0.25, 0.3) is 11.6 Å². The summed E-state index contributed by atoms with van der Waals surface area (Å²) in [5, 5.41) is 0. The minimum absolute atomic E-state index is 0.791. The topological polar surface area (TPSA) is 38.9 Å². The fourth-order valence-corrected chi connectivity index (χ4v) is 1.96. The third-order valence-corrected chi connectivity index (χ3v) is 3.00. The summed E-state index contributed by atoms with van der Waals surface area (Å²) in [5.74, 6) is 0. The van der Waals surface area contributed by atoms with Crippen LogP contribution in [-0.2, 0) is 0 Å². The van der Waals surface area contributed by atoms with Crippen LogP contribution in [0.3, 0.4) is 0 Å². The van der Waals surface area contributed by atoms with Gasteiger partial charge in [0.25, 0.3) is 0 Å². The Hall–Kier alpha value is -2.09. The summed E-state index contributed by atoms with van der Waals surface area (Å²) >= 11 is 0. The number of nitrogens with zero attached hydrogens (tertiary/aromatic N) is 1. The van der Waals surface area contributed by atoms with Gasteiger partial charge in [-0.1, -0.05) is 12.1 Å². The molecule has 2 rings (SSSR count). The lowest BCUT2D eigenvalue weighted by Crippen LogP contribution is -1.89. The highest BCUT2D eigenvalue weighted by atomic mass is 14.7. The number of hydrogen-bond acceptors (Lipinski definition) is 2. The number of rotatable bonds is 2. The molecule has 0 saturated carbocycles. The highest BCUT2D eigenvalue weighted by molar-refractivity contribution is 5.81. The van der Waals surface area contributed by atoms with Crippen LogP contribution >= 0.6 is 0 Å². The second kappa shape index (κ2) is 5.05. The summed E-state index contributed by atoms with van der Waals surface area (Å²) in [6.07, 6.45) is 4.07. The van der Waals surface area contributed by atoms with Crippen LogP contribution in [-0.4, -0.2) is 4.98 Å². The van der Waals surface area contributed by atoms with E-state index in [9.17, 15) is 0 Å². The number of nitrogens with two attached hydrogens (primary N) is 1. The van der Waals surface area contributed by atoms with Gasteiger partial charge in [0.15, 0.2) is 0 Å². The van der Waals surface area contributed by atoms with Gasteiger partial charge in [0.2, 0.25) is 0 Å². The van der Waals surface area contributed by atoms with E-state index < -0.39 is 0 Å². The maximum absolute atomic E-state index is 5.80. The van der Waals surface area contributed by atoms with Crippen molar-refractivity contribution < 1.29 is 0 Å². The lowest BCUT2D eigenvalue weighted by atomic mass is 10.0. The molecule has 0 bridgehead atoms. The Labute approximate surface area is 108 Å². The quantitative estimate of drug-likeness (QED) is 0.807. The van der Waals surface area contributed by atoms with E-state index in [0.717, 1.165) is 22.5 Å². The highest BCUT2D eigenvalue weighted by Crippen LogP contribution is 2.21. The average Bonchev–Trinajstić information content (AvgIpc) is 2.32. The zero-order valence-electron chi connectivity index (χ0n) is 11.1. The molecule has 1 aromatic carbocycles. The second-order valence-electron chi connectivity index (χ2n) is 4.64. The van der Waals surface area contributed by atoms with Crippen LogP contribution in [0.1, 0.15) is 29.3 Å². The molecule has 0 fully saturated rings. The molecule has 92 valence electrons. The number of aryl methyl sites for hydroxylation is 2. The van der Waals surface area contributed by atoms with Crippen LogP contribution < -0.4 is 5.73 Å². The van der Waals surface area contributed by atoms with Gasteiger partial charge in [-0.3, -0.25) is 4.98 Å². The number of benzene rings is 1. The summed E-state index contributed by atoms with van der Waals surface area (Å²) in [4.78, 5) is 4.33. The summed E-state index contributed by atoms with van der Waals surface area (Å²) in [6.45, 7) is 6.20. The first-order valence-electron chi connectivity index (χ1n) is 6.04. The number of allylic oxidation sites excluding steroid dienone is 1. The van der Waals surface area contributed by atoms with Crippen molar-refractivity contribution in [2.24, 2.45) is 0 Å². The molecular formula is C16H18N2. The molecule has 1 heterocycles. The molecule has 0 aliphatic heterocycles. The molecule has 0 aliphatic rings. The molecule has 2 nitrogen and oxygen atoms in total. The Kier molecular flexibility index (Phi) is 3.47. The predicted octanol–water partition coefficient (Wildman–Crippen LogP) is 3.84. The lowest BCUT2D eigenvalue weighted by Gasteiger charge is -2.05. The van der Waals surface area contributed by atoms with E-state index in [4.69, 9.17) is 5.73 Å². The maximum Gasteiger partial charge on any atom is 0.0375 e. The maximum atomic E-state index is 5.80. The van der Waals surface area contributed by atoms with Gasteiger partial charge in [-0.25, -0.2) is 0 Å². The number of hydrogen-bond donors (Lipinski definition) is 1. The highest BCUT2D eigenvalue weighted by Gasteiger charge is 2.00. The van der Waals surface area contributed by atoms with Gasteiger partial charge in [0.1, 0.15) is 0 Å². The molecule has 18 heavy (non-hydrogen) atoms. The van der Waals surface area contributed by atoms with Gasteiger partial charge < -0.3 is 5.73 Å². The Morgan fingerprint density at radius 2 is 2.00 bits per heavy atom. The van der Waals surface area contributed by atoms with E-state index in [0.29, 0.717) is 0 Å². The first-order chi connectivity index (χ1) is 8.56. The molecule has 2 N–H and O–H groups in total. The Morgan fingerprint density at radius 1 is 1.22 bits per heavy atom. The normalized spacial score (nSPS) is 11.6. The number of anilines is 1. The third-order valence-electron chi connectivity index (χ3n) is 3.00. The van der Waals surface area contributed by atoms with Crippen molar-refractivity contribution >= 4 is 17.3 Å². The Bertz CT molecular complexity index is 598. The number of pyridine rings is 1. The first kappa shape index (κ1) is 12.4. The molecule has 0 saturated heterocycles. The van der Waals surface area contributed by atoms with Gasteiger partial charge in [-0.15, -0.1) is 0 Å². The van der Waals surface area contributed by atoms with Crippen LogP contribution in [0.5, 0.6) is 0 Å². The lowest BCUT2D eigenvalue weighted by molar-refractivity contribution is 1.17. The summed E-state index contributed by atoms with van der Waals surface area (Å²) < 4.78 is 0. The van der Waals surface area contributed by atoms with Crippen molar-refractivity contribution in [2.75, 3.05) is 5.73 Å². The van der Waals surface area contributed by atoms with Crippen molar-refractivity contribution in [3.05, 3.63) is 58.9 Å². The molecule has 0 radical (unpaired) electrons. The molecule has 0 amide bonds. The van der Waals surface area contributed by atoms with Crippen LogP contribution in [0.15, 0.2) is 36.5 Å². The van der Waals surface area contributed by atoms with E-state index in [1.54, 1.807) is 0 Å². The van der Waals surface area contributed by atoms with E-state index in [1.165, 1.54) is 11.1 Å². The molecule has 0 aliphatic carbocycles. The van der Waals surface area contributed by atoms with Gasteiger partial charge in [-0.2, -0.15) is 0 Å².